The first-order chi connectivity index (χ1) is 15.2. The molecule has 4 rings (SSSR count). The number of hydrazine groups is 1. The van der Waals surface area contributed by atoms with Crippen molar-refractivity contribution >= 4 is 17.5 Å². The van der Waals surface area contributed by atoms with E-state index >= 15 is 0 Å². The van der Waals surface area contributed by atoms with E-state index in [1.807, 2.05) is 48.4 Å². The van der Waals surface area contributed by atoms with Crippen molar-refractivity contribution in [3.8, 4) is 0 Å². The van der Waals surface area contributed by atoms with Crippen molar-refractivity contribution in [2.45, 2.75) is 32.4 Å². The monoisotopic (exact) mass is 460 g/mol. The molecule has 2 aliphatic heterocycles. The maximum Gasteiger partial charge on any atom is 0.258 e. The number of aryl methyl sites for hydroxylation is 1. The topological polar surface area (TPSA) is 38.8 Å². The van der Waals surface area contributed by atoms with Gasteiger partial charge in [0.2, 0.25) is 0 Å². The average Bonchev–Trinajstić information content (AvgIpc) is 3.06. The van der Waals surface area contributed by atoms with E-state index in [1.54, 1.807) is 4.90 Å². The molecule has 0 aliphatic carbocycles. The van der Waals surface area contributed by atoms with E-state index in [0.29, 0.717) is 24.5 Å². The number of amides is 1. The Labute approximate surface area is 192 Å². The van der Waals surface area contributed by atoms with Crippen LogP contribution in [0.3, 0.4) is 0 Å². The predicted molar refractivity (Wildman–Crippen MR) is 121 cm³/mol. The molecule has 2 unspecified atom stereocenters. The molecule has 0 radical (unpaired) electrons. The molecule has 2 atom stereocenters. The molecular weight excluding hydrogens is 434 g/mol. The zero-order valence-corrected chi connectivity index (χ0v) is 19.4. The van der Waals surface area contributed by atoms with Gasteiger partial charge in [0.05, 0.1) is 24.0 Å². The van der Waals surface area contributed by atoms with Crippen molar-refractivity contribution in [3.05, 3.63) is 81.1 Å². The molecular formula is C24H27ClF2N4O. The summed E-state index contributed by atoms with van der Waals surface area (Å²) in [5.74, 6) is -2.24. The lowest BCUT2D eigenvalue weighted by atomic mass is 9.99. The smallest absolute Gasteiger partial charge is 0.258 e. The normalized spacial score (nSPS) is 20.0. The van der Waals surface area contributed by atoms with Gasteiger partial charge in [0, 0.05) is 37.3 Å². The highest BCUT2D eigenvalue weighted by atomic mass is 35.5. The van der Waals surface area contributed by atoms with Crippen LogP contribution in [-0.4, -0.2) is 54.1 Å². The summed E-state index contributed by atoms with van der Waals surface area (Å²) in [6.45, 7) is 4.56. The molecule has 0 bridgehead atoms. The minimum atomic E-state index is -1.01. The van der Waals surface area contributed by atoms with Crippen LogP contribution in [-0.2, 0) is 0 Å². The van der Waals surface area contributed by atoms with Crippen molar-refractivity contribution in [1.82, 2.24) is 20.2 Å². The molecule has 1 amide bonds. The SMILES string of the molecule is Cc1cc(C(=O)N2CCC(NC(C)c3ccccc3Cl)C3=C2CN(C)N3C)cc(F)c1F. The zero-order chi connectivity index (χ0) is 23.2. The number of nitrogens with one attached hydrogen (secondary N) is 1. The third kappa shape index (κ3) is 4.00. The third-order valence-corrected chi connectivity index (χ3v) is 6.70. The van der Waals surface area contributed by atoms with Crippen molar-refractivity contribution in [1.29, 1.82) is 0 Å². The van der Waals surface area contributed by atoms with E-state index in [0.717, 1.165) is 23.0 Å². The highest BCUT2D eigenvalue weighted by molar-refractivity contribution is 6.31. The number of carbonyl (C=O) groups excluding carboxylic acids is 1. The van der Waals surface area contributed by atoms with Gasteiger partial charge in [-0.15, -0.1) is 0 Å². The summed E-state index contributed by atoms with van der Waals surface area (Å²) in [6, 6.07) is 10.2. The first-order valence-electron chi connectivity index (χ1n) is 10.6. The summed E-state index contributed by atoms with van der Waals surface area (Å²) in [5, 5.41) is 8.45. The average molecular weight is 461 g/mol. The molecule has 2 aromatic rings. The molecule has 32 heavy (non-hydrogen) atoms. The quantitative estimate of drug-likeness (QED) is 0.729. The van der Waals surface area contributed by atoms with Gasteiger partial charge in [0.1, 0.15) is 0 Å². The predicted octanol–water partition coefficient (Wildman–Crippen LogP) is 4.50. The Morgan fingerprint density at radius 3 is 2.62 bits per heavy atom. The Kier molecular flexibility index (Phi) is 6.25. The van der Waals surface area contributed by atoms with Crippen LogP contribution in [0.15, 0.2) is 47.8 Å². The number of carbonyl (C=O) groups is 1. The largest absolute Gasteiger partial charge is 0.309 e. The first kappa shape index (κ1) is 22.7. The molecule has 2 aromatic carbocycles. The van der Waals surface area contributed by atoms with Crippen LogP contribution in [0, 0.1) is 18.6 Å². The lowest BCUT2D eigenvalue weighted by Crippen LogP contribution is -2.46. The second kappa shape index (κ2) is 8.81. The molecule has 0 saturated heterocycles. The van der Waals surface area contributed by atoms with E-state index in [2.05, 4.69) is 12.2 Å². The van der Waals surface area contributed by atoms with Crippen LogP contribution < -0.4 is 5.32 Å². The molecule has 8 heteroatoms. The molecule has 1 N–H and O–H groups in total. The molecule has 170 valence electrons. The number of halogens is 3. The number of nitrogens with zero attached hydrogens (tertiary/aromatic N) is 3. The van der Waals surface area contributed by atoms with Gasteiger partial charge in [-0.1, -0.05) is 29.8 Å². The second-order valence-corrected chi connectivity index (χ2v) is 8.88. The van der Waals surface area contributed by atoms with Gasteiger partial charge >= 0.3 is 0 Å². The Hall–Kier alpha value is -2.48. The molecule has 0 saturated carbocycles. The van der Waals surface area contributed by atoms with Gasteiger partial charge in [-0.25, -0.2) is 13.8 Å². The molecule has 0 spiro atoms. The maximum absolute atomic E-state index is 14.0. The summed E-state index contributed by atoms with van der Waals surface area (Å²) in [7, 11) is 3.92. The van der Waals surface area contributed by atoms with Gasteiger partial charge in [-0.3, -0.25) is 4.79 Å². The summed E-state index contributed by atoms with van der Waals surface area (Å²) in [6.07, 6.45) is 0.681. The summed E-state index contributed by atoms with van der Waals surface area (Å²) < 4.78 is 27.7. The van der Waals surface area contributed by atoms with Crippen molar-refractivity contribution < 1.29 is 13.6 Å². The molecule has 2 heterocycles. The number of benzene rings is 2. The lowest BCUT2D eigenvalue weighted by molar-refractivity contribution is 0.0785. The zero-order valence-electron chi connectivity index (χ0n) is 18.6. The Morgan fingerprint density at radius 1 is 1.22 bits per heavy atom. The second-order valence-electron chi connectivity index (χ2n) is 8.47. The minimum Gasteiger partial charge on any atom is -0.309 e. The summed E-state index contributed by atoms with van der Waals surface area (Å²) in [4.78, 5) is 15.0. The van der Waals surface area contributed by atoms with E-state index < -0.39 is 11.6 Å². The number of likely N-dealkylation sites (N-methyl/N-ethyl adjacent to an activating group) is 2. The number of rotatable bonds is 4. The van der Waals surface area contributed by atoms with E-state index in [-0.39, 0.29) is 29.1 Å². The van der Waals surface area contributed by atoms with Gasteiger partial charge in [0.25, 0.3) is 5.91 Å². The van der Waals surface area contributed by atoms with Crippen LogP contribution in [0.2, 0.25) is 5.02 Å². The molecule has 2 aliphatic rings. The van der Waals surface area contributed by atoms with Gasteiger partial charge in [-0.2, -0.15) is 0 Å². The highest BCUT2D eigenvalue weighted by Crippen LogP contribution is 2.34. The lowest BCUT2D eigenvalue weighted by Gasteiger charge is -2.37. The van der Waals surface area contributed by atoms with Crippen molar-refractivity contribution in [3.63, 3.8) is 0 Å². The maximum atomic E-state index is 14.0. The number of hydrogen-bond acceptors (Lipinski definition) is 4. The molecule has 0 fully saturated rings. The number of hydrogen-bond donors (Lipinski definition) is 1. The molecule has 5 nitrogen and oxygen atoms in total. The Bertz CT molecular complexity index is 1070. The Morgan fingerprint density at radius 2 is 1.94 bits per heavy atom. The first-order valence-corrected chi connectivity index (χ1v) is 11.0. The van der Waals surface area contributed by atoms with E-state index in [4.69, 9.17) is 11.6 Å². The van der Waals surface area contributed by atoms with Gasteiger partial charge in [-0.05, 0) is 49.6 Å². The standard InChI is InChI=1S/C24H27ClF2N4O/c1-14-11-16(12-19(26)22(14)27)24(32)31-10-9-20(23-21(31)13-29(3)30(23)4)28-15(2)17-7-5-6-8-18(17)25/h5-8,11-12,15,20,28H,9-10,13H2,1-4H3. The summed E-state index contributed by atoms with van der Waals surface area (Å²) in [5.41, 5.74) is 3.17. The van der Waals surface area contributed by atoms with Crippen molar-refractivity contribution in [2.24, 2.45) is 0 Å². The van der Waals surface area contributed by atoms with Crippen molar-refractivity contribution in [2.75, 3.05) is 27.2 Å². The summed E-state index contributed by atoms with van der Waals surface area (Å²) >= 11 is 6.39. The van der Waals surface area contributed by atoms with Gasteiger partial charge < -0.3 is 15.2 Å². The van der Waals surface area contributed by atoms with Crippen LogP contribution in [0.5, 0.6) is 0 Å². The highest BCUT2D eigenvalue weighted by Gasteiger charge is 2.39. The Balaban J connectivity index is 1.64. The third-order valence-electron chi connectivity index (χ3n) is 6.36. The minimum absolute atomic E-state index is 0.0119. The van der Waals surface area contributed by atoms with Crippen LogP contribution in [0.4, 0.5) is 8.78 Å². The van der Waals surface area contributed by atoms with Crippen LogP contribution in [0.1, 0.15) is 40.9 Å². The van der Waals surface area contributed by atoms with Gasteiger partial charge in [0.15, 0.2) is 11.6 Å². The fourth-order valence-electron chi connectivity index (χ4n) is 4.56. The van der Waals surface area contributed by atoms with E-state index in [9.17, 15) is 13.6 Å². The van der Waals surface area contributed by atoms with Crippen LogP contribution >= 0.6 is 11.6 Å². The fraction of sp³-hybridized carbons (Fsp3) is 0.375. The molecule has 0 aromatic heterocycles. The van der Waals surface area contributed by atoms with Crippen LogP contribution in [0.25, 0.3) is 0 Å². The fourth-order valence-corrected chi connectivity index (χ4v) is 4.86. The van der Waals surface area contributed by atoms with E-state index in [1.165, 1.54) is 13.0 Å².